The standard InChI is InChI=1S/C39H52F3N5O8S/c1-23(2)28(22-24(3)31(48)45-56(54,55)27-18-16-26(17-19-27)38(20-21-38)44-34(51)39(40,41)42)46(9)33(50)29(36(4,5)6)43-32(49)30(47(10)35(52)53)37(7,8)25-14-12-11-13-15-25/h11-19,22-23,28-30H,20-21H2,1-10H3,(H,43,49)(H,44,51)(H,45,48)(H,52,53)/b24-22+/t28-,29-,30-/m1/s1. The first-order valence-corrected chi connectivity index (χ1v) is 19.4. The topological polar surface area (TPSA) is 182 Å². The summed E-state index contributed by atoms with van der Waals surface area (Å²) in [5.41, 5.74) is -2.26. The lowest BCUT2D eigenvalue weighted by Crippen LogP contribution is -2.62. The number of sulfonamides is 1. The molecule has 0 heterocycles. The Morgan fingerprint density at radius 2 is 1.41 bits per heavy atom. The molecule has 1 aliphatic carbocycles. The Morgan fingerprint density at radius 3 is 1.86 bits per heavy atom. The van der Waals surface area contributed by atoms with E-state index in [9.17, 15) is 50.7 Å². The molecule has 1 fully saturated rings. The molecule has 4 N–H and O–H groups in total. The monoisotopic (exact) mass is 807 g/mol. The number of amides is 5. The van der Waals surface area contributed by atoms with Crippen LogP contribution in [0.2, 0.25) is 0 Å². The Hall–Kier alpha value is -4.93. The molecule has 2 aromatic rings. The normalized spacial score (nSPS) is 16.2. The van der Waals surface area contributed by atoms with Gasteiger partial charge in [-0.05, 0) is 54.4 Å². The number of benzene rings is 2. The lowest BCUT2D eigenvalue weighted by molar-refractivity contribution is -0.174. The lowest BCUT2D eigenvalue weighted by atomic mass is 9.76. The van der Waals surface area contributed by atoms with Crippen LogP contribution in [-0.4, -0.2) is 91.4 Å². The fourth-order valence-electron chi connectivity index (χ4n) is 6.54. The summed E-state index contributed by atoms with van der Waals surface area (Å²) in [4.78, 5) is 67.2. The van der Waals surface area contributed by atoms with Crippen molar-refractivity contribution >= 4 is 39.7 Å². The minimum atomic E-state index is -5.08. The van der Waals surface area contributed by atoms with E-state index >= 15 is 0 Å². The third kappa shape index (κ3) is 10.5. The maximum atomic E-state index is 14.3. The highest BCUT2D eigenvalue weighted by atomic mass is 32.2. The van der Waals surface area contributed by atoms with Crippen LogP contribution in [0.4, 0.5) is 18.0 Å². The first kappa shape index (κ1) is 45.5. The highest BCUT2D eigenvalue weighted by Gasteiger charge is 2.51. The lowest BCUT2D eigenvalue weighted by Gasteiger charge is -2.41. The van der Waals surface area contributed by atoms with E-state index < -0.39 is 80.4 Å². The van der Waals surface area contributed by atoms with Crippen LogP contribution in [0.15, 0.2) is 71.1 Å². The molecule has 0 unspecified atom stereocenters. The molecule has 1 aliphatic rings. The van der Waals surface area contributed by atoms with E-state index in [1.807, 2.05) is 10.0 Å². The van der Waals surface area contributed by atoms with Gasteiger partial charge >= 0.3 is 18.2 Å². The molecule has 17 heteroatoms. The largest absolute Gasteiger partial charge is 0.471 e. The second-order valence-electron chi connectivity index (χ2n) is 16.2. The van der Waals surface area contributed by atoms with Crippen molar-refractivity contribution in [3.63, 3.8) is 0 Å². The molecule has 0 saturated heterocycles. The number of carboxylic acid groups (broad SMARTS) is 1. The average molecular weight is 808 g/mol. The fourth-order valence-corrected chi connectivity index (χ4v) is 7.56. The predicted octanol–water partition coefficient (Wildman–Crippen LogP) is 5.08. The average Bonchev–Trinajstić information content (AvgIpc) is 3.88. The summed E-state index contributed by atoms with van der Waals surface area (Å²) in [5, 5.41) is 14.7. The second kappa shape index (κ2) is 16.7. The van der Waals surface area contributed by atoms with Gasteiger partial charge in [-0.25, -0.2) is 17.9 Å². The summed E-state index contributed by atoms with van der Waals surface area (Å²) in [5.74, 6) is -4.67. The third-order valence-corrected chi connectivity index (χ3v) is 11.4. The smallest absolute Gasteiger partial charge is 0.465 e. The van der Waals surface area contributed by atoms with Gasteiger partial charge in [-0.15, -0.1) is 0 Å². The van der Waals surface area contributed by atoms with E-state index in [-0.39, 0.29) is 34.8 Å². The molecule has 3 rings (SSSR count). The van der Waals surface area contributed by atoms with E-state index in [0.29, 0.717) is 5.56 Å². The van der Waals surface area contributed by atoms with Gasteiger partial charge in [0.2, 0.25) is 11.8 Å². The van der Waals surface area contributed by atoms with Crippen LogP contribution in [0.1, 0.15) is 79.4 Å². The fraction of sp³-hybridized carbons (Fsp3) is 0.513. The van der Waals surface area contributed by atoms with Gasteiger partial charge in [-0.3, -0.25) is 24.1 Å². The van der Waals surface area contributed by atoms with Gasteiger partial charge in [0, 0.05) is 25.1 Å². The number of carbonyl (C=O) groups is 5. The van der Waals surface area contributed by atoms with Crippen LogP contribution in [0.25, 0.3) is 0 Å². The molecule has 0 radical (unpaired) electrons. The van der Waals surface area contributed by atoms with Crippen LogP contribution < -0.4 is 15.4 Å². The molecule has 0 bridgehead atoms. The van der Waals surface area contributed by atoms with Crippen LogP contribution in [0.3, 0.4) is 0 Å². The number of halogens is 3. The number of alkyl halides is 3. The molecule has 0 spiro atoms. The zero-order chi connectivity index (χ0) is 42.8. The predicted molar refractivity (Wildman–Crippen MR) is 202 cm³/mol. The van der Waals surface area contributed by atoms with Gasteiger partial charge in [-0.1, -0.05) is 97.0 Å². The molecule has 0 aliphatic heterocycles. The zero-order valence-electron chi connectivity index (χ0n) is 33.2. The zero-order valence-corrected chi connectivity index (χ0v) is 34.1. The Balaban J connectivity index is 1.84. The molecule has 56 heavy (non-hydrogen) atoms. The SMILES string of the molecule is C/C(=C\[C@H](C(C)C)N(C)C(=O)[C@@H](NC(=O)[C@@H](N(C)C(=O)O)C(C)(C)c1ccccc1)C(C)(C)C)C(=O)NS(=O)(=O)c1ccc(C2(NC(=O)C(F)(F)F)CC2)cc1. The summed E-state index contributed by atoms with van der Waals surface area (Å²) in [7, 11) is -1.70. The van der Waals surface area contributed by atoms with E-state index in [1.165, 1.54) is 44.1 Å². The highest BCUT2D eigenvalue weighted by Crippen LogP contribution is 2.46. The summed E-state index contributed by atoms with van der Waals surface area (Å²) < 4.78 is 66.8. The van der Waals surface area contributed by atoms with Crippen LogP contribution >= 0.6 is 0 Å². The van der Waals surface area contributed by atoms with Crippen molar-refractivity contribution in [2.75, 3.05) is 14.1 Å². The summed E-state index contributed by atoms with van der Waals surface area (Å²) in [6.45, 7) is 13.6. The van der Waals surface area contributed by atoms with Crippen molar-refractivity contribution < 1.29 is 50.7 Å². The van der Waals surface area contributed by atoms with E-state index in [0.717, 1.165) is 17.0 Å². The summed E-state index contributed by atoms with van der Waals surface area (Å²) >= 11 is 0. The first-order chi connectivity index (χ1) is 25.6. The summed E-state index contributed by atoms with van der Waals surface area (Å²) in [6, 6.07) is 10.5. The molecule has 308 valence electrons. The number of rotatable bonds is 14. The van der Waals surface area contributed by atoms with Crippen molar-refractivity contribution in [2.45, 2.75) is 108 Å². The Morgan fingerprint density at radius 1 is 0.875 bits per heavy atom. The molecule has 5 amide bonds. The van der Waals surface area contributed by atoms with Gasteiger partial charge < -0.3 is 20.6 Å². The second-order valence-corrected chi connectivity index (χ2v) is 17.9. The molecule has 13 nitrogen and oxygen atoms in total. The van der Waals surface area contributed by atoms with Crippen molar-refractivity contribution in [3.05, 3.63) is 77.4 Å². The minimum Gasteiger partial charge on any atom is -0.465 e. The number of likely N-dealkylation sites (N-methyl/N-ethyl adjacent to an activating group) is 2. The van der Waals surface area contributed by atoms with E-state index in [4.69, 9.17) is 0 Å². The Kier molecular flexibility index (Phi) is 13.5. The van der Waals surface area contributed by atoms with E-state index in [1.54, 1.807) is 78.8 Å². The van der Waals surface area contributed by atoms with Crippen LogP contribution in [-0.2, 0) is 40.2 Å². The van der Waals surface area contributed by atoms with Crippen molar-refractivity contribution in [3.8, 4) is 0 Å². The molecular weight excluding hydrogens is 756 g/mol. The van der Waals surface area contributed by atoms with Crippen LogP contribution in [0.5, 0.6) is 0 Å². The number of hydrogen-bond acceptors (Lipinski definition) is 7. The van der Waals surface area contributed by atoms with Crippen LogP contribution in [0, 0.1) is 11.3 Å². The maximum Gasteiger partial charge on any atom is 0.471 e. The molecule has 2 aromatic carbocycles. The number of nitrogens with one attached hydrogen (secondary N) is 3. The van der Waals surface area contributed by atoms with Gasteiger partial charge in [0.05, 0.1) is 16.5 Å². The van der Waals surface area contributed by atoms with Crippen molar-refractivity contribution in [1.82, 2.24) is 25.2 Å². The number of hydrogen-bond donors (Lipinski definition) is 4. The van der Waals surface area contributed by atoms with E-state index in [2.05, 4.69) is 5.32 Å². The molecule has 3 atom stereocenters. The van der Waals surface area contributed by atoms with Crippen molar-refractivity contribution in [2.24, 2.45) is 11.3 Å². The molecule has 0 aromatic heterocycles. The number of nitrogens with zero attached hydrogens (tertiary/aromatic N) is 2. The third-order valence-electron chi connectivity index (χ3n) is 10.1. The van der Waals surface area contributed by atoms with Gasteiger partial charge in [0.1, 0.15) is 12.1 Å². The van der Waals surface area contributed by atoms with Crippen molar-refractivity contribution in [1.29, 1.82) is 0 Å². The van der Waals surface area contributed by atoms with Gasteiger partial charge in [0.25, 0.3) is 15.9 Å². The molecule has 1 saturated carbocycles. The van der Waals surface area contributed by atoms with Gasteiger partial charge in [-0.2, -0.15) is 13.2 Å². The highest BCUT2D eigenvalue weighted by molar-refractivity contribution is 7.90. The first-order valence-electron chi connectivity index (χ1n) is 17.9. The minimum absolute atomic E-state index is 0.0561. The van der Waals surface area contributed by atoms with Gasteiger partial charge in [0.15, 0.2) is 0 Å². The quantitative estimate of drug-likeness (QED) is 0.191. The maximum absolute atomic E-state index is 14.3. The summed E-state index contributed by atoms with van der Waals surface area (Å²) in [6.07, 6.45) is -4.54. The Labute approximate surface area is 326 Å². The molecular formula is C39H52F3N5O8S. The Bertz CT molecular complexity index is 1940. The number of carbonyl (C=O) groups excluding carboxylic acids is 4.